The third-order valence-electron chi connectivity index (χ3n) is 3.37. The van der Waals surface area contributed by atoms with Crippen LogP contribution in [0.15, 0.2) is 72.0 Å². The molecular weight excluding hydrogens is 308 g/mol. The van der Waals surface area contributed by atoms with Crippen molar-refractivity contribution in [1.82, 2.24) is 5.43 Å². The van der Waals surface area contributed by atoms with Crippen LogP contribution < -0.4 is 21.0 Å². The van der Waals surface area contributed by atoms with Crippen LogP contribution in [-0.4, -0.2) is 17.6 Å². The highest BCUT2D eigenvalue weighted by molar-refractivity contribution is 6.51. The number of carbonyl (C=O) groups is 2. The van der Waals surface area contributed by atoms with Crippen molar-refractivity contribution >= 4 is 29.0 Å². The monoisotopic (exact) mass is 321 g/mol. The summed E-state index contributed by atoms with van der Waals surface area (Å²) in [5, 5.41) is 16.1. The predicted molar refractivity (Wildman–Crippen MR) is 88.0 cm³/mol. The maximum atomic E-state index is 12.4. The second kappa shape index (κ2) is 6.25. The quantitative estimate of drug-likeness (QED) is 0.815. The molecule has 1 saturated heterocycles. The summed E-state index contributed by atoms with van der Waals surface area (Å²) < 4.78 is 0. The Morgan fingerprint density at radius 2 is 1.79 bits per heavy atom. The van der Waals surface area contributed by atoms with Gasteiger partial charge < -0.3 is 9.90 Å². The molecule has 2 aromatic rings. The number of rotatable bonds is 4. The molecule has 2 N–H and O–H groups in total. The smallest absolute Gasteiger partial charge is 0.299 e. The summed E-state index contributed by atoms with van der Waals surface area (Å²) in [6.07, 6.45) is 0. The Balaban J connectivity index is 1.76. The number of para-hydroxylation sites is 1. The van der Waals surface area contributed by atoms with E-state index in [0.29, 0.717) is 17.1 Å². The molecule has 0 spiro atoms. The average Bonchev–Trinajstić information content (AvgIpc) is 2.88. The predicted octanol–water partition coefficient (Wildman–Crippen LogP) is 0.883. The number of hydrogen-bond donors (Lipinski definition) is 2. The van der Waals surface area contributed by atoms with Crippen LogP contribution in [0.1, 0.15) is 10.4 Å². The third-order valence-corrected chi connectivity index (χ3v) is 3.37. The lowest BCUT2D eigenvalue weighted by molar-refractivity contribution is -0.255. The largest absolute Gasteiger partial charge is 0.545 e. The zero-order chi connectivity index (χ0) is 17.1. The summed E-state index contributed by atoms with van der Waals surface area (Å²) in [6, 6.07) is 14.9. The number of aromatic carboxylic acids is 1. The SMILES string of the molecule is C=C1NN(c2ccccc2)C(=O)C1=NNc1ccc(C(=O)[O-])cc1. The Kier molecular flexibility index (Phi) is 3.98. The van der Waals surface area contributed by atoms with Gasteiger partial charge in [-0.2, -0.15) is 5.10 Å². The van der Waals surface area contributed by atoms with Crippen LogP contribution in [0.25, 0.3) is 0 Å². The van der Waals surface area contributed by atoms with Crippen LogP contribution in [-0.2, 0) is 4.79 Å². The first-order valence-corrected chi connectivity index (χ1v) is 7.07. The molecule has 0 bridgehead atoms. The van der Waals surface area contributed by atoms with Gasteiger partial charge in [-0.15, -0.1) is 0 Å². The summed E-state index contributed by atoms with van der Waals surface area (Å²) in [7, 11) is 0. The number of benzene rings is 2. The van der Waals surface area contributed by atoms with Gasteiger partial charge in [-0.25, -0.2) is 5.01 Å². The second-order valence-corrected chi connectivity index (χ2v) is 5.00. The van der Waals surface area contributed by atoms with Gasteiger partial charge in [0.05, 0.1) is 23.0 Å². The van der Waals surface area contributed by atoms with E-state index in [-0.39, 0.29) is 17.2 Å². The maximum absolute atomic E-state index is 12.4. The minimum absolute atomic E-state index is 0.0616. The molecule has 1 aliphatic heterocycles. The van der Waals surface area contributed by atoms with Gasteiger partial charge in [0.25, 0.3) is 5.91 Å². The van der Waals surface area contributed by atoms with Gasteiger partial charge in [-0.3, -0.25) is 15.6 Å². The van der Waals surface area contributed by atoms with Crippen LogP contribution in [0, 0.1) is 0 Å². The van der Waals surface area contributed by atoms with Crippen LogP contribution in [0.3, 0.4) is 0 Å². The number of anilines is 2. The van der Waals surface area contributed by atoms with Gasteiger partial charge in [-0.05, 0) is 29.8 Å². The molecule has 0 saturated carbocycles. The summed E-state index contributed by atoms with van der Waals surface area (Å²) in [5.74, 6) is -1.60. The number of nitrogens with one attached hydrogen (secondary N) is 2. The molecule has 2 aromatic carbocycles. The minimum Gasteiger partial charge on any atom is -0.545 e. The van der Waals surface area contributed by atoms with E-state index >= 15 is 0 Å². The molecule has 1 heterocycles. The van der Waals surface area contributed by atoms with Gasteiger partial charge in [0.1, 0.15) is 0 Å². The van der Waals surface area contributed by atoms with Crippen molar-refractivity contribution in [3.05, 3.63) is 72.4 Å². The molecule has 0 radical (unpaired) electrons. The van der Waals surface area contributed by atoms with Crippen molar-refractivity contribution in [3.63, 3.8) is 0 Å². The van der Waals surface area contributed by atoms with E-state index in [0.717, 1.165) is 0 Å². The van der Waals surface area contributed by atoms with E-state index in [1.165, 1.54) is 29.3 Å². The molecule has 0 unspecified atom stereocenters. The summed E-state index contributed by atoms with van der Waals surface area (Å²) in [4.78, 5) is 23.1. The Hall–Kier alpha value is -3.61. The van der Waals surface area contributed by atoms with Crippen molar-refractivity contribution in [1.29, 1.82) is 0 Å². The van der Waals surface area contributed by atoms with Gasteiger partial charge >= 0.3 is 0 Å². The average molecular weight is 321 g/mol. The standard InChI is InChI=1S/C17H14N4O3/c1-11-15(16(22)21(20-11)14-5-3-2-4-6-14)19-18-13-9-7-12(8-10-13)17(23)24/h2-10,18,20H,1H2,(H,23,24)/p-1. The number of hydrazine groups is 1. The first-order chi connectivity index (χ1) is 11.6. The number of hydrogen-bond acceptors (Lipinski definition) is 6. The normalized spacial score (nSPS) is 15.5. The maximum Gasteiger partial charge on any atom is 0.299 e. The van der Waals surface area contributed by atoms with E-state index in [1.807, 2.05) is 18.2 Å². The van der Waals surface area contributed by atoms with Crippen LogP contribution >= 0.6 is 0 Å². The fraction of sp³-hybridized carbons (Fsp3) is 0. The second-order valence-electron chi connectivity index (χ2n) is 5.00. The Bertz CT molecular complexity index is 829. The lowest BCUT2D eigenvalue weighted by atomic mass is 10.2. The van der Waals surface area contributed by atoms with E-state index in [1.54, 1.807) is 12.1 Å². The lowest BCUT2D eigenvalue weighted by Gasteiger charge is -2.14. The van der Waals surface area contributed by atoms with Crippen molar-refractivity contribution in [2.45, 2.75) is 0 Å². The molecular formula is C17H13N4O3-. The molecule has 24 heavy (non-hydrogen) atoms. The zero-order valence-corrected chi connectivity index (χ0v) is 12.5. The summed E-state index contributed by atoms with van der Waals surface area (Å²) in [5.41, 5.74) is 7.35. The molecule has 0 aromatic heterocycles. The third kappa shape index (κ3) is 2.95. The number of carboxylic acid groups (broad SMARTS) is 1. The molecule has 7 nitrogen and oxygen atoms in total. The fourth-order valence-electron chi connectivity index (χ4n) is 2.15. The minimum atomic E-state index is -1.25. The molecule has 1 aliphatic rings. The fourth-order valence-corrected chi connectivity index (χ4v) is 2.15. The molecule has 3 rings (SSSR count). The molecule has 0 atom stereocenters. The highest BCUT2D eigenvalue weighted by atomic mass is 16.4. The lowest BCUT2D eigenvalue weighted by Crippen LogP contribution is -2.34. The number of hydrazone groups is 1. The zero-order valence-electron chi connectivity index (χ0n) is 12.5. The molecule has 120 valence electrons. The Morgan fingerprint density at radius 3 is 2.42 bits per heavy atom. The van der Waals surface area contributed by atoms with Gasteiger partial charge in [0.15, 0.2) is 5.71 Å². The highest BCUT2D eigenvalue weighted by Gasteiger charge is 2.32. The number of nitrogens with zero attached hydrogens (tertiary/aromatic N) is 2. The Morgan fingerprint density at radius 1 is 1.12 bits per heavy atom. The van der Waals surface area contributed by atoms with Gasteiger partial charge in [0.2, 0.25) is 0 Å². The van der Waals surface area contributed by atoms with E-state index in [4.69, 9.17) is 0 Å². The number of carbonyl (C=O) groups excluding carboxylic acids is 2. The number of carboxylic acids is 1. The van der Waals surface area contributed by atoms with Crippen LogP contribution in [0.4, 0.5) is 11.4 Å². The molecule has 1 amide bonds. The van der Waals surface area contributed by atoms with Crippen LogP contribution in [0.2, 0.25) is 0 Å². The van der Waals surface area contributed by atoms with Crippen molar-refractivity contribution in [2.24, 2.45) is 5.10 Å². The molecule has 7 heteroatoms. The topological polar surface area (TPSA) is 96.9 Å². The van der Waals surface area contributed by atoms with Gasteiger partial charge in [0, 0.05) is 0 Å². The Labute approximate surface area is 137 Å². The summed E-state index contributed by atoms with van der Waals surface area (Å²) >= 11 is 0. The van der Waals surface area contributed by atoms with Crippen molar-refractivity contribution < 1.29 is 14.7 Å². The van der Waals surface area contributed by atoms with E-state index in [2.05, 4.69) is 22.5 Å². The summed E-state index contributed by atoms with van der Waals surface area (Å²) in [6.45, 7) is 3.78. The van der Waals surface area contributed by atoms with E-state index in [9.17, 15) is 14.7 Å². The van der Waals surface area contributed by atoms with Crippen molar-refractivity contribution in [3.8, 4) is 0 Å². The van der Waals surface area contributed by atoms with E-state index < -0.39 is 5.97 Å². The molecule has 0 aliphatic carbocycles. The van der Waals surface area contributed by atoms with Crippen LogP contribution in [0.5, 0.6) is 0 Å². The first kappa shape index (κ1) is 15.3. The first-order valence-electron chi connectivity index (χ1n) is 7.07. The molecule has 1 fully saturated rings. The van der Waals surface area contributed by atoms with Crippen molar-refractivity contribution in [2.75, 3.05) is 10.4 Å². The van der Waals surface area contributed by atoms with Gasteiger partial charge in [-0.1, -0.05) is 36.9 Å². The highest BCUT2D eigenvalue weighted by Crippen LogP contribution is 2.18. The number of amides is 1.